The van der Waals surface area contributed by atoms with Crippen molar-refractivity contribution in [2.75, 3.05) is 25.0 Å². The summed E-state index contributed by atoms with van der Waals surface area (Å²) in [5.41, 5.74) is 2.12. The van der Waals surface area contributed by atoms with Gasteiger partial charge in [0, 0.05) is 30.9 Å². The first kappa shape index (κ1) is 16.3. The molecule has 0 aromatic heterocycles. The Morgan fingerprint density at radius 2 is 2.14 bits per heavy atom. The van der Waals surface area contributed by atoms with Crippen LogP contribution >= 0.6 is 0 Å². The molecule has 1 heterocycles. The van der Waals surface area contributed by atoms with Gasteiger partial charge in [-0.2, -0.15) is 0 Å². The van der Waals surface area contributed by atoms with Gasteiger partial charge in [-0.05, 0) is 50.5 Å². The second-order valence-corrected chi connectivity index (χ2v) is 5.36. The smallest absolute Gasteiger partial charge is 0.319 e. The van der Waals surface area contributed by atoms with Crippen molar-refractivity contribution in [3.63, 3.8) is 0 Å². The predicted octanol–water partition coefficient (Wildman–Crippen LogP) is 2.05. The first-order valence-corrected chi connectivity index (χ1v) is 7.65. The second kappa shape index (κ2) is 7.79. The molecule has 1 aromatic carbocycles. The zero-order valence-corrected chi connectivity index (χ0v) is 13.1. The SMILES string of the molecule is CCNC(=O)c1ccc(NC(=O)NCC2CCCO2)c(C)c1. The Morgan fingerprint density at radius 3 is 2.77 bits per heavy atom. The number of ether oxygens (including phenoxy) is 1. The lowest BCUT2D eigenvalue weighted by molar-refractivity contribution is 0.0955. The number of hydrogen-bond donors (Lipinski definition) is 3. The zero-order chi connectivity index (χ0) is 15.9. The number of amides is 3. The van der Waals surface area contributed by atoms with Crippen LogP contribution in [-0.4, -0.2) is 37.7 Å². The lowest BCUT2D eigenvalue weighted by Gasteiger charge is -2.13. The van der Waals surface area contributed by atoms with E-state index >= 15 is 0 Å². The van der Waals surface area contributed by atoms with Gasteiger partial charge in [-0.3, -0.25) is 4.79 Å². The Morgan fingerprint density at radius 1 is 1.32 bits per heavy atom. The monoisotopic (exact) mass is 305 g/mol. The number of anilines is 1. The van der Waals surface area contributed by atoms with E-state index in [-0.39, 0.29) is 18.0 Å². The molecule has 1 aromatic rings. The van der Waals surface area contributed by atoms with Gasteiger partial charge in [0.15, 0.2) is 0 Å². The number of carbonyl (C=O) groups is 2. The maximum atomic E-state index is 11.9. The van der Waals surface area contributed by atoms with Crippen LogP contribution in [0.1, 0.15) is 35.7 Å². The van der Waals surface area contributed by atoms with E-state index in [1.54, 1.807) is 18.2 Å². The van der Waals surface area contributed by atoms with Gasteiger partial charge >= 0.3 is 6.03 Å². The molecule has 0 aliphatic carbocycles. The van der Waals surface area contributed by atoms with E-state index in [1.165, 1.54) is 0 Å². The molecule has 1 aliphatic heterocycles. The normalized spacial score (nSPS) is 17.1. The summed E-state index contributed by atoms with van der Waals surface area (Å²) in [6, 6.07) is 4.95. The van der Waals surface area contributed by atoms with E-state index in [9.17, 15) is 9.59 Å². The molecule has 3 N–H and O–H groups in total. The maximum Gasteiger partial charge on any atom is 0.319 e. The molecular weight excluding hydrogens is 282 g/mol. The van der Waals surface area contributed by atoms with Crippen molar-refractivity contribution in [2.45, 2.75) is 32.8 Å². The number of urea groups is 1. The van der Waals surface area contributed by atoms with Crippen molar-refractivity contribution in [1.29, 1.82) is 0 Å². The number of carbonyl (C=O) groups excluding carboxylic acids is 2. The molecule has 6 heteroatoms. The highest BCUT2D eigenvalue weighted by molar-refractivity contribution is 5.96. The number of nitrogens with one attached hydrogen (secondary N) is 3. The summed E-state index contributed by atoms with van der Waals surface area (Å²) < 4.78 is 5.46. The highest BCUT2D eigenvalue weighted by Crippen LogP contribution is 2.16. The molecule has 1 saturated heterocycles. The first-order valence-electron chi connectivity index (χ1n) is 7.65. The van der Waals surface area contributed by atoms with Crippen LogP contribution in [0.4, 0.5) is 10.5 Å². The topological polar surface area (TPSA) is 79.5 Å². The Labute approximate surface area is 130 Å². The van der Waals surface area contributed by atoms with Crippen molar-refractivity contribution in [1.82, 2.24) is 10.6 Å². The molecule has 120 valence electrons. The van der Waals surface area contributed by atoms with Crippen molar-refractivity contribution in [3.8, 4) is 0 Å². The quantitative estimate of drug-likeness (QED) is 0.779. The van der Waals surface area contributed by atoms with E-state index in [1.807, 2.05) is 13.8 Å². The fourth-order valence-electron chi connectivity index (χ4n) is 2.39. The third-order valence-electron chi connectivity index (χ3n) is 3.59. The van der Waals surface area contributed by atoms with Gasteiger partial charge in [0.2, 0.25) is 0 Å². The third-order valence-corrected chi connectivity index (χ3v) is 3.59. The Kier molecular flexibility index (Phi) is 5.77. The molecule has 1 unspecified atom stereocenters. The molecule has 0 bridgehead atoms. The molecule has 0 saturated carbocycles. The number of aryl methyl sites for hydroxylation is 1. The largest absolute Gasteiger partial charge is 0.376 e. The Hall–Kier alpha value is -2.08. The molecule has 3 amide bonds. The fraction of sp³-hybridized carbons (Fsp3) is 0.500. The van der Waals surface area contributed by atoms with Crippen LogP contribution in [0.2, 0.25) is 0 Å². The maximum absolute atomic E-state index is 11.9. The van der Waals surface area contributed by atoms with Crippen LogP contribution < -0.4 is 16.0 Å². The summed E-state index contributed by atoms with van der Waals surface area (Å²) >= 11 is 0. The molecule has 1 fully saturated rings. The van der Waals surface area contributed by atoms with Crippen LogP contribution in [0.3, 0.4) is 0 Å². The van der Waals surface area contributed by atoms with Gasteiger partial charge in [0.25, 0.3) is 5.91 Å². The molecule has 22 heavy (non-hydrogen) atoms. The highest BCUT2D eigenvalue weighted by Gasteiger charge is 2.16. The van der Waals surface area contributed by atoms with Crippen molar-refractivity contribution < 1.29 is 14.3 Å². The fourth-order valence-corrected chi connectivity index (χ4v) is 2.39. The van der Waals surface area contributed by atoms with E-state index in [0.29, 0.717) is 24.3 Å². The van der Waals surface area contributed by atoms with Crippen LogP contribution in [0.15, 0.2) is 18.2 Å². The highest BCUT2D eigenvalue weighted by atomic mass is 16.5. The summed E-state index contributed by atoms with van der Waals surface area (Å²) in [4.78, 5) is 23.6. The average Bonchev–Trinajstić information content (AvgIpc) is 3.01. The van der Waals surface area contributed by atoms with Gasteiger partial charge < -0.3 is 20.7 Å². The van der Waals surface area contributed by atoms with Gasteiger partial charge in [0.05, 0.1) is 6.10 Å². The van der Waals surface area contributed by atoms with Crippen LogP contribution in [0, 0.1) is 6.92 Å². The van der Waals surface area contributed by atoms with Crippen LogP contribution in [0.5, 0.6) is 0 Å². The first-order chi connectivity index (χ1) is 10.6. The standard InChI is InChI=1S/C16H23N3O3/c1-3-17-15(20)12-6-7-14(11(2)9-12)19-16(21)18-10-13-5-4-8-22-13/h6-7,9,13H,3-5,8,10H2,1-2H3,(H,17,20)(H2,18,19,21). The summed E-state index contributed by atoms with van der Waals surface area (Å²) in [6.45, 7) is 5.61. The summed E-state index contributed by atoms with van der Waals surface area (Å²) in [5, 5.41) is 8.35. The van der Waals surface area contributed by atoms with E-state index in [0.717, 1.165) is 25.0 Å². The Bertz CT molecular complexity index is 539. The number of benzene rings is 1. The minimum Gasteiger partial charge on any atom is -0.376 e. The summed E-state index contributed by atoms with van der Waals surface area (Å²) in [7, 11) is 0. The van der Waals surface area contributed by atoms with Crippen LogP contribution in [-0.2, 0) is 4.74 Å². The van der Waals surface area contributed by atoms with Crippen molar-refractivity contribution in [3.05, 3.63) is 29.3 Å². The van der Waals surface area contributed by atoms with Gasteiger partial charge in [-0.1, -0.05) is 0 Å². The molecule has 0 spiro atoms. The average molecular weight is 305 g/mol. The minimum atomic E-state index is -0.260. The van der Waals surface area contributed by atoms with Gasteiger partial charge in [0.1, 0.15) is 0 Å². The predicted molar refractivity (Wildman–Crippen MR) is 85.2 cm³/mol. The number of rotatable bonds is 5. The molecule has 1 aliphatic rings. The summed E-state index contributed by atoms with van der Waals surface area (Å²) in [5.74, 6) is -0.111. The molecule has 2 rings (SSSR count). The van der Waals surface area contributed by atoms with Gasteiger partial charge in [-0.25, -0.2) is 4.79 Å². The van der Waals surface area contributed by atoms with Crippen molar-refractivity contribution >= 4 is 17.6 Å². The van der Waals surface area contributed by atoms with E-state index < -0.39 is 0 Å². The Balaban J connectivity index is 1.88. The lowest BCUT2D eigenvalue weighted by atomic mass is 10.1. The van der Waals surface area contributed by atoms with E-state index in [2.05, 4.69) is 16.0 Å². The number of hydrogen-bond acceptors (Lipinski definition) is 3. The molecular formula is C16H23N3O3. The second-order valence-electron chi connectivity index (χ2n) is 5.36. The third kappa shape index (κ3) is 4.46. The molecule has 6 nitrogen and oxygen atoms in total. The van der Waals surface area contributed by atoms with E-state index in [4.69, 9.17) is 4.74 Å². The van der Waals surface area contributed by atoms with Crippen molar-refractivity contribution in [2.24, 2.45) is 0 Å². The van der Waals surface area contributed by atoms with Gasteiger partial charge in [-0.15, -0.1) is 0 Å². The minimum absolute atomic E-state index is 0.111. The summed E-state index contributed by atoms with van der Waals surface area (Å²) in [6.07, 6.45) is 2.15. The lowest BCUT2D eigenvalue weighted by Crippen LogP contribution is -2.35. The molecule has 1 atom stereocenters. The van der Waals surface area contributed by atoms with Crippen LogP contribution in [0.25, 0.3) is 0 Å². The molecule has 0 radical (unpaired) electrons. The zero-order valence-electron chi connectivity index (χ0n) is 13.1.